The summed E-state index contributed by atoms with van der Waals surface area (Å²) in [6.07, 6.45) is 0. The van der Waals surface area contributed by atoms with Crippen molar-refractivity contribution in [2.75, 3.05) is 7.05 Å². The van der Waals surface area contributed by atoms with Gasteiger partial charge in [0, 0.05) is 25.0 Å². The molecule has 0 aromatic heterocycles. The van der Waals surface area contributed by atoms with Crippen LogP contribution in [0, 0.1) is 0 Å². The zero-order chi connectivity index (χ0) is 9.84. The normalized spacial score (nSPS) is 9.77. The van der Waals surface area contributed by atoms with E-state index in [0.717, 1.165) is 10.0 Å². The van der Waals surface area contributed by atoms with Crippen molar-refractivity contribution in [2.24, 2.45) is 0 Å². The van der Waals surface area contributed by atoms with Crippen LogP contribution in [0.1, 0.15) is 12.5 Å². The number of halogens is 1. The molecular weight excluding hydrogens is 230 g/mol. The number of carbonyl (C=O) groups is 1. The Hall–Kier alpha value is -0.830. The number of nitrogens with zero attached hydrogens (tertiary/aromatic N) is 1. The lowest BCUT2D eigenvalue weighted by Gasteiger charge is -2.14. The van der Waals surface area contributed by atoms with Crippen LogP contribution in [0.4, 0.5) is 0 Å². The van der Waals surface area contributed by atoms with Crippen LogP contribution in [0.3, 0.4) is 0 Å². The monoisotopic (exact) mass is 241 g/mol. The van der Waals surface area contributed by atoms with E-state index in [2.05, 4.69) is 15.9 Å². The van der Waals surface area contributed by atoms with Gasteiger partial charge in [0.15, 0.2) is 0 Å². The predicted molar refractivity (Wildman–Crippen MR) is 56.3 cm³/mol. The highest BCUT2D eigenvalue weighted by Gasteiger charge is 2.02. The van der Waals surface area contributed by atoms with Crippen molar-refractivity contribution in [3.05, 3.63) is 34.3 Å². The fraction of sp³-hybridized carbons (Fsp3) is 0.300. The zero-order valence-corrected chi connectivity index (χ0v) is 9.34. The van der Waals surface area contributed by atoms with Gasteiger partial charge in [0.2, 0.25) is 5.91 Å². The molecule has 1 rings (SSSR count). The van der Waals surface area contributed by atoms with Crippen molar-refractivity contribution in [1.82, 2.24) is 4.90 Å². The van der Waals surface area contributed by atoms with Gasteiger partial charge in [-0.3, -0.25) is 4.79 Å². The zero-order valence-electron chi connectivity index (χ0n) is 7.75. The summed E-state index contributed by atoms with van der Waals surface area (Å²) in [6.45, 7) is 2.23. The van der Waals surface area contributed by atoms with Crippen LogP contribution in [-0.4, -0.2) is 17.9 Å². The third-order valence-electron chi connectivity index (χ3n) is 1.85. The highest BCUT2D eigenvalue weighted by atomic mass is 79.9. The Bertz CT molecular complexity index is 312. The van der Waals surface area contributed by atoms with Gasteiger partial charge in [0.1, 0.15) is 0 Å². The van der Waals surface area contributed by atoms with Gasteiger partial charge in [-0.25, -0.2) is 0 Å². The second kappa shape index (κ2) is 4.42. The maximum atomic E-state index is 10.9. The van der Waals surface area contributed by atoms with Crippen molar-refractivity contribution in [3.8, 4) is 0 Å². The summed E-state index contributed by atoms with van der Waals surface area (Å²) in [7, 11) is 1.79. The molecule has 3 heteroatoms. The molecule has 0 radical (unpaired) electrons. The van der Waals surface area contributed by atoms with Crippen LogP contribution >= 0.6 is 15.9 Å². The van der Waals surface area contributed by atoms with Gasteiger partial charge in [-0.1, -0.05) is 28.1 Å². The Morgan fingerprint density at radius 3 is 2.77 bits per heavy atom. The molecule has 0 aliphatic heterocycles. The van der Waals surface area contributed by atoms with Crippen molar-refractivity contribution in [3.63, 3.8) is 0 Å². The molecule has 0 saturated heterocycles. The van der Waals surface area contributed by atoms with Crippen molar-refractivity contribution in [1.29, 1.82) is 0 Å². The van der Waals surface area contributed by atoms with Gasteiger partial charge >= 0.3 is 0 Å². The van der Waals surface area contributed by atoms with E-state index >= 15 is 0 Å². The summed E-state index contributed by atoms with van der Waals surface area (Å²) in [5.41, 5.74) is 1.13. The van der Waals surface area contributed by atoms with E-state index in [9.17, 15) is 4.79 Å². The molecule has 1 aromatic rings. The number of rotatable bonds is 2. The Balaban J connectivity index is 2.69. The van der Waals surface area contributed by atoms with Gasteiger partial charge in [-0.05, 0) is 17.7 Å². The average molecular weight is 242 g/mol. The summed E-state index contributed by atoms with van der Waals surface area (Å²) < 4.78 is 1.04. The molecule has 13 heavy (non-hydrogen) atoms. The van der Waals surface area contributed by atoms with Crippen LogP contribution in [0.5, 0.6) is 0 Å². The second-order valence-corrected chi connectivity index (χ2v) is 3.92. The van der Waals surface area contributed by atoms with Crippen molar-refractivity contribution < 1.29 is 4.79 Å². The fourth-order valence-corrected chi connectivity index (χ4v) is 1.47. The number of carbonyl (C=O) groups excluding carboxylic acids is 1. The van der Waals surface area contributed by atoms with Crippen LogP contribution < -0.4 is 0 Å². The first-order valence-electron chi connectivity index (χ1n) is 4.06. The van der Waals surface area contributed by atoms with Gasteiger partial charge < -0.3 is 4.90 Å². The average Bonchev–Trinajstić information content (AvgIpc) is 2.04. The van der Waals surface area contributed by atoms with E-state index < -0.39 is 0 Å². The van der Waals surface area contributed by atoms with Gasteiger partial charge in [-0.15, -0.1) is 0 Å². The summed E-state index contributed by atoms with van der Waals surface area (Å²) in [4.78, 5) is 12.6. The first-order chi connectivity index (χ1) is 6.09. The molecule has 0 heterocycles. The van der Waals surface area contributed by atoms with Crippen molar-refractivity contribution >= 4 is 21.8 Å². The van der Waals surface area contributed by atoms with Crippen LogP contribution in [0.2, 0.25) is 0 Å². The highest BCUT2D eigenvalue weighted by molar-refractivity contribution is 9.10. The van der Waals surface area contributed by atoms with E-state index in [1.54, 1.807) is 18.9 Å². The lowest BCUT2D eigenvalue weighted by molar-refractivity contribution is -0.128. The molecule has 0 N–H and O–H groups in total. The molecule has 0 saturated carbocycles. The Morgan fingerprint density at radius 2 is 2.23 bits per heavy atom. The molecular formula is C10H12BrNO. The van der Waals surface area contributed by atoms with E-state index in [4.69, 9.17) is 0 Å². The van der Waals surface area contributed by atoms with E-state index in [0.29, 0.717) is 6.54 Å². The Morgan fingerprint density at radius 1 is 1.54 bits per heavy atom. The van der Waals surface area contributed by atoms with Crippen LogP contribution in [0.25, 0.3) is 0 Å². The number of hydrogen-bond donors (Lipinski definition) is 0. The van der Waals surface area contributed by atoms with Crippen LogP contribution in [-0.2, 0) is 11.3 Å². The fourth-order valence-electron chi connectivity index (χ4n) is 1.02. The summed E-state index contributed by atoms with van der Waals surface area (Å²) in [5, 5.41) is 0. The molecule has 0 bridgehead atoms. The van der Waals surface area contributed by atoms with E-state index in [1.165, 1.54) is 0 Å². The Kier molecular flexibility index (Phi) is 3.48. The molecule has 1 amide bonds. The number of hydrogen-bond acceptors (Lipinski definition) is 1. The standard InChI is InChI=1S/C10H12BrNO/c1-8(13)12(2)7-9-4-3-5-10(11)6-9/h3-6H,7H2,1-2H3. The van der Waals surface area contributed by atoms with Gasteiger partial charge in [-0.2, -0.15) is 0 Å². The van der Waals surface area contributed by atoms with E-state index in [-0.39, 0.29) is 5.91 Å². The summed E-state index contributed by atoms with van der Waals surface area (Å²) in [6, 6.07) is 7.95. The minimum atomic E-state index is 0.0833. The third kappa shape index (κ3) is 3.19. The highest BCUT2D eigenvalue weighted by Crippen LogP contribution is 2.12. The largest absolute Gasteiger partial charge is 0.342 e. The maximum absolute atomic E-state index is 10.9. The summed E-state index contributed by atoms with van der Waals surface area (Å²) in [5.74, 6) is 0.0833. The molecule has 0 spiro atoms. The lowest BCUT2D eigenvalue weighted by Crippen LogP contribution is -2.22. The van der Waals surface area contributed by atoms with E-state index in [1.807, 2.05) is 24.3 Å². The minimum absolute atomic E-state index is 0.0833. The maximum Gasteiger partial charge on any atom is 0.219 e. The number of amides is 1. The molecule has 0 aliphatic rings. The van der Waals surface area contributed by atoms with Gasteiger partial charge in [0.05, 0.1) is 0 Å². The van der Waals surface area contributed by atoms with Crippen LogP contribution in [0.15, 0.2) is 28.7 Å². The smallest absolute Gasteiger partial charge is 0.219 e. The molecule has 0 fully saturated rings. The van der Waals surface area contributed by atoms with Gasteiger partial charge in [0.25, 0.3) is 0 Å². The molecule has 0 aliphatic carbocycles. The topological polar surface area (TPSA) is 20.3 Å². The predicted octanol–water partition coefficient (Wildman–Crippen LogP) is 2.43. The number of benzene rings is 1. The molecule has 0 unspecified atom stereocenters. The first kappa shape index (κ1) is 10.3. The summed E-state index contributed by atoms with van der Waals surface area (Å²) >= 11 is 3.39. The first-order valence-corrected chi connectivity index (χ1v) is 4.85. The second-order valence-electron chi connectivity index (χ2n) is 3.01. The minimum Gasteiger partial charge on any atom is -0.342 e. The third-order valence-corrected chi connectivity index (χ3v) is 2.34. The molecule has 1 aromatic carbocycles. The Labute approximate surface area is 86.7 Å². The molecule has 2 nitrogen and oxygen atoms in total. The van der Waals surface area contributed by atoms with Crippen molar-refractivity contribution in [2.45, 2.75) is 13.5 Å². The quantitative estimate of drug-likeness (QED) is 0.779. The molecule has 70 valence electrons. The SMILES string of the molecule is CC(=O)N(C)Cc1cccc(Br)c1. The lowest BCUT2D eigenvalue weighted by atomic mass is 10.2. The molecule has 0 atom stereocenters.